The molecule has 7 heteroatoms. The Hall–Kier alpha value is -3.84. The first-order valence-electron chi connectivity index (χ1n) is 10.8. The number of ether oxygens (including phenoxy) is 3. The number of amides is 1. The highest BCUT2D eigenvalue weighted by Gasteiger charge is 2.31. The van der Waals surface area contributed by atoms with Gasteiger partial charge in [-0.1, -0.05) is 78.9 Å². The Morgan fingerprint density at radius 1 is 0.788 bits per heavy atom. The SMILES string of the molecule is NCC(OC(=O)OCC1c2ccccc2-c2ccccc21)C(Cc1ccccc1)OC(N)=O. The molecular formula is C26H26N2O5. The number of carbonyl (C=O) groups is 2. The molecule has 0 aliphatic heterocycles. The van der Waals surface area contributed by atoms with Crippen molar-refractivity contribution in [3.8, 4) is 11.1 Å². The van der Waals surface area contributed by atoms with Crippen molar-refractivity contribution in [1.82, 2.24) is 0 Å². The number of hydrogen-bond acceptors (Lipinski definition) is 6. The van der Waals surface area contributed by atoms with Crippen molar-refractivity contribution in [1.29, 1.82) is 0 Å². The van der Waals surface area contributed by atoms with Crippen molar-refractivity contribution in [3.05, 3.63) is 95.6 Å². The van der Waals surface area contributed by atoms with Gasteiger partial charge in [0.15, 0.2) is 6.10 Å². The number of primary amides is 1. The van der Waals surface area contributed by atoms with Gasteiger partial charge in [0.1, 0.15) is 12.7 Å². The summed E-state index contributed by atoms with van der Waals surface area (Å²) in [6, 6.07) is 25.5. The van der Waals surface area contributed by atoms with E-state index in [-0.39, 0.29) is 19.1 Å². The fourth-order valence-electron chi connectivity index (χ4n) is 4.27. The van der Waals surface area contributed by atoms with Gasteiger partial charge in [0, 0.05) is 18.9 Å². The summed E-state index contributed by atoms with van der Waals surface area (Å²) in [6.07, 6.45) is -3.30. The molecule has 0 spiro atoms. The first-order valence-corrected chi connectivity index (χ1v) is 10.8. The van der Waals surface area contributed by atoms with Gasteiger partial charge in [-0.3, -0.25) is 0 Å². The second-order valence-electron chi connectivity index (χ2n) is 7.85. The lowest BCUT2D eigenvalue weighted by Crippen LogP contribution is -2.43. The number of benzene rings is 3. The zero-order chi connectivity index (χ0) is 23.2. The molecule has 3 aromatic rings. The molecule has 7 nitrogen and oxygen atoms in total. The third-order valence-corrected chi connectivity index (χ3v) is 5.77. The third kappa shape index (κ3) is 5.15. The minimum Gasteiger partial charge on any atom is -0.442 e. The highest BCUT2D eigenvalue weighted by atomic mass is 16.7. The van der Waals surface area contributed by atoms with Crippen LogP contribution in [0.1, 0.15) is 22.6 Å². The molecule has 1 aliphatic rings. The summed E-state index contributed by atoms with van der Waals surface area (Å²) in [6.45, 7) is 0.0547. The van der Waals surface area contributed by atoms with E-state index in [1.165, 1.54) is 0 Å². The Kier molecular flexibility index (Phi) is 6.90. The highest BCUT2D eigenvalue weighted by molar-refractivity contribution is 5.79. The monoisotopic (exact) mass is 446 g/mol. The van der Waals surface area contributed by atoms with Crippen LogP contribution in [0.3, 0.4) is 0 Å². The molecule has 33 heavy (non-hydrogen) atoms. The summed E-state index contributed by atoms with van der Waals surface area (Å²) in [7, 11) is 0. The number of rotatable bonds is 8. The number of nitrogens with two attached hydrogens (primary N) is 2. The summed E-state index contributed by atoms with van der Waals surface area (Å²) in [5.41, 5.74) is 16.4. The van der Waals surface area contributed by atoms with Crippen molar-refractivity contribution in [2.45, 2.75) is 24.5 Å². The molecular weight excluding hydrogens is 420 g/mol. The molecule has 1 aliphatic carbocycles. The minimum atomic E-state index is -0.967. The van der Waals surface area contributed by atoms with Gasteiger partial charge >= 0.3 is 12.2 Å². The molecule has 0 saturated carbocycles. The second-order valence-corrected chi connectivity index (χ2v) is 7.85. The van der Waals surface area contributed by atoms with E-state index >= 15 is 0 Å². The predicted octanol–water partition coefficient (Wildman–Crippen LogP) is 3.99. The van der Waals surface area contributed by atoms with Crippen LogP contribution >= 0.6 is 0 Å². The van der Waals surface area contributed by atoms with Crippen molar-refractivity contribution in [2.24, 2.45) is 11.5 Å². The van der Waals surface area contributed by atoms with Crippen LogP contribution in [-0.4, -0.2) is 37.6 Å². The standard InChI is InChI=1S/C26H26N2O5/c27-15-24(23(32-25(28)29)14-17-8-2-1-3-9-17)33-26(30)31-16-22-20-12-6-4-10-18(20)19-11-5-7-13-21(19)22/h1-13,22-24H,14-16,27H2,(H2,28,29). The van der Waals surface area contributed by atoms with E-state index in [4.69, 9.17) is 25.7 Å². The van der Waals surface area contributed by atoms with Gasteiger partial charge in [0.25, 0.3) is 0 Å². The van der Waals surface area contributed by atoms with Gasteiger partial charge in [0.05, 0.1) is 0 Å². The Balaban J connectivity index is 1.43. The average molecular weight is 447 g/mol. The minimum absolute atomic E-state index is 0.0605. The molecule has 2 atom stereocenters. The maximum atomic E-state index is 12.6. The van der Waals surface area contributed by atoms with Crippen LogP contribution in [-0.2, 0) is 20.6 Å². The lowest BCUT2D eigenvalue weighted by molar-refractivity contribution is -0.0326. The zero-order valence-electron chi connectivity index (χ0n) is 18.1. The lowest BCUT2D eigenvalue weighted by atomic mass is 9.98. The quantitative estimate of drug-likeness (QED) is 0.506. The summed E-state index contributed by atoms with van der Waals surface area (Å²) in [5, 5.41) is 0. The van der Waals surface area contributed by atoms with E-state index in [1.54, 1.807) is 0 Å². The van der Waals surface area contributed by atoms with Gasteiger partial charge in [-0.25, -0.2) is 9.59 Å². The van der Waals surface area contributed by atoms with Crippen LogP contribution in [0.15, 0.2) is 78.9 Å². The smallest absolute Gasteiger partial charge is 0.442 e. The van der Waals surface area contributed by atoms with Gasteiger partial charge < -0.3 is 25.7 Å². The highest BCUT2D eigenvalue weighted by Crippen LogP contribution is 2.44. The van der Waals surface area contributed by atoms with Gasteiger partial charge in [0.2, 0.25) is 0 Å². The Morgan fingerprint density at radius 3 is 1.94 bits per heavy atom. The van der Waals surface area contributed by atoms with Crippen molar-refractivity contribution in [2.75, 3.05) is 13.2 Å². The molecule has 1 amide bonds. The lowest BCUT2D eigenvalue weighted by Gasteiger charge is -2.25. The maximum absolute atomic E-state index is 12.6. The Bertz CT molecular complexity index is 1070. The average Bonchev–Trinajstić information content (AvgIpc) is 3.15. The van der Waals surface area contributed by atoms with E-state index in [0.29, 0.717) is 6.42 Å². The van der Waals surface area contributed by atoms with Crippen LogP contribution < -0.4 is 11.5 Å². The van der Waals surface area contributed by atoms with E-state index in [1.807, 2.05) is 66.7 Å². The second kappa shape index (κ2) is 10.2. The van der Waals surface area contributed by atoms with Crippen LogP contribution in [0.4, 0.5) is 9.59 Å². The van der Waals surface area contributed by atoms with Crippen LogP contribution in [0.5, 0.6) is 0 Å². The molecule has 3 aromatic carbocycles. The topological polar surface area (TPSA) is 114 Å². The fraction of sp³-hybridized carbons (Fsp3) is 0.231. The Labute approximate surface area is 192 Å². The summed E-state index contributed by atoms with van der Waals surface area (Å²) in [5.74, 6) is -0.0942. The molecule has 4 rings (SSSR count). The molecule has 0 fully saturated rings. The predicted molar refractivity (Wildman–Crippen MR) is 124 cm³/mol. The fourth-order valence-corrected chi connectivity index (χ4v) is 4.27. The van der Waals surface area contributed by atoms with Crippen LogP contribution in [0, 0.1) is 0 Å². The van der Waals surface area contributed by atoms with Crippen LogP contribution in [0.25, 0.3) is 11.1 Å². The van der Waals surface area contributed by atoms with Crippen molar-refractivity contribution in [3.63, 3.8) is 0 Å². The Morgan fingerprint density at radius 2 is 1.36 bits per heavy atom. The molecule has 4 N–H and O–H groups in total. The molecule has 0 bridgehead atoms. The van der Waals surface area contributed by atoms with Crippen molar-refractivity contribution >= 4 is 12.2 Å². The number of hydrogen-bond donors (Lipinski definition) is 2. The number of fused-ring (bicyclic) bond motifs is 3. The van der Waals surface area contributed by atoms with Gasteiger partial charge in [-0.2, -0.15) is 0 Å². The molecule has 2 unspecified atom stereocenters. The molecule has 170 valence electrons. The molecule has 0 heterocycles. The van der Waals surface area contributed by atoms with E-state index in [2.05, 4.69) is 12.1 Å². The summed E-state index contributed by atoms with van der Waals surface area (Å²) < 4.78 is 16.1. The maximum Gasteiger partial charge on any atom is 0.508 e. The molecule has 0 aromatic heterocycles. The van der Waals surface area contributed by atoms with Crippen molar-refractivity contribution < 1.29 is 23.8 Å². The van der Waals surface area contributed by atoms with Gasteiger partial charge in [-0.05, 0) is 27.8 Å². The summed E-state index contributed by atoms with van der Waals surface area (Å²) >= 11 is 0. The molecule has 0 radical (unpaired) electrons. The normalized spacial score (nSPS) is 14.0. The summed E-state index contributed by atoms with van der Waals surface area (Å²) in [4.78, 5) is 24.0. The largest absolute Gasteiger partial charge is 0.508 e. The first kappa shape index (κ1) is 22.4. The van der Waals surface area contributed by atoms with Gasteiger partial charge in [-0.15, -0.1) is 0 Å². The van der Waals surface area contributed by atoms with E-state index in [9.17, 15) is 9.59 Å². The zero-order valence-corrected chi connectivity index (χ0v) is 18.1. The molecule has 0 saturated heterocycles. The van der Waals surface area contributed by atoms with Crippen LogP contribution in [0.2, 0.25) is 0 Å². The van der Waals surface area contributed by atoms with E-state index < -0.39 is 24.5 Å². The number of carbonyl (C=O) groups excluding carboxylic acids is 2. The third-order valence-electron chi connectivity index (χ3n) is 5.77. The van der Waals surface area contributed by atoms with E-state index in [0.717, 1.165) is 27.8 Å². The first-order chi connectivity index (χ1) is 16.1.